The van der Waals surface area contributed by atoms with E-state index in [9.17, 15) is 0 Å². The molecule has 1 aromatic carbocycles. The lowest BCUT2D eigenvalue weighted by Crippen LogP contribution is -1.99. The van der Waals surface area contributed by atoms with Crippen LogP contribution in [0.4, 0.5) is 5.95 Å². The molecule has 0 amide bonds. The number of nitrogens with zero attached hydrogens (tertiary/aromatic N) is 2. The van der Waals surface area contributed by atoms with Gasteiger partial charge in [0, 0.05) is 16.8 Å². The molecular formula is C13H14ClN3O. The highest BCUT2D eigenvalue weighted by molar-refractivity contribution is 6.32. The van der Waals surface area contributed by atoms with Crippen molar-refractivity contribution < 1.29 is 4.74 Å². The van der Waals surface area contributed by atoms with Crippen LogP contribution < -0.4 is 10.5 Å². The third-order valence-electron chi connectivity index (χ3n) is 2.48. The van der Waals surface area contributed by atoms with Crippen molar-refractivity contribution >= 4 is 17.5 Å². The predicted octanol–water partition coefficient (Wildman–Crippen LogP) is 3.43. The number of aryl methyl sites for hydroxylation is 3. The maximum Gasteiger partial charge on any atom is 0.224 e. The lowest BCUT2D eigenvalue weighted by molar-refractivity contribution is 0.461. The molecule has 0 atom stereocenters. The minimum Gasteiger partial charge on any atom is -0.439 e. The maximum atomic E-state index is 6.10. The van der Waals surface area contributed by atoms with E-state index in [0.29, 0.717) is 11.6 Å². The zero-order valence-electron chi connectivity index (χ0n) is 10.5. The number of hydrogen-bond donors (Lipinski definition) is 1. The molecule has 0 saturated heterocycles. The Morgan fingerprint density at radius 2 is 1.67 bits per heavy atom. The molecule has 4 nitrogen and oxygen atoms in total. The van der Waals surface area contributed by atoms with Gasteiger partial charge in [-0.2, -0.15) is 4.98 Å². The van der Waals surface area contributed by atoms with Gasteiger partial charge in [-0.05, 0) is 44.0 Å². The second-order valence-corrected chi connectivity index (χ2v) is 4.56. The third-order valence-corrected chi connectivity index (χ3v) is 3.08. The van der Waals surface area contributed by atoms with Crippen molar-refractivity contribution in [2.75, 3.05) is 5.73 Å². The molecular weight excluding hydrogens is 250 g/mol. The molecule has 0 aliphatic heterocycles. The predicted molar refractivity (Wildman–Crippen MR) is 72.2 cm³/mol. The first-order valence-corrected chi connectivity index (χ1v) is 5.89. The summed E-state index contributed by atoms with van der Waals surface area (Å²) in [5, 5.41) is 0.751. The van der Waals surface area contributed by atoms with Crippen LogP contribution in [0.15, 0.2) is 18.2 Å². The lowest BCUT2D eigenvalue weighted by atomic mass is 10.1. The zero-order valence-corrected chi connectivity index (χ0v) is 11.2. The van der Waals surface area contributed by atoms with Crippen LogP contribution in [0, 0.1) is 20.8 Å². The van der Waals surface area contributed by atoms with E-state index in [2.05, 4.69) is 9.97 Å². The number of ether oxygens (including phenoxy) is 1. The number of halogens is 1. The molecule has 18 heavy (non-hydrogen) atoms. The van der Waals surface area contributed by atoms with Crippen molar-refractivity contribution in [1.29, 1.82) is 0 Å². The molecule has 5 heteroatoms. The van der Waals surface area contributed by atoms with E-state index in [4.69, 9.17) is 22.1 Å². The van der Waals surface area contributed by atoms with Gasteiger partial charge in [-0.1, -0.05) is 11.6 Å². The maximum absolute atomic E-state index is 6.10. The topological polar surface area (TPSA) is 61.0 Å². The van der Waals surface area contributed by atoms with E-state index in [1.807, 2.05) is 32.9 Å². The van der Waals surface area contributed by atoms with E-state index in [-0.39, 0.29) is 5.95 Å². The third kappa shape index (κ3) is 2.71. The fourth-order valence-corrected chi connectivity index (χ4v) is 1.81. The van der Waals surface area contributed by atoms with E-state index >= 15 is 0 Å². The summed E-state index contributed by atoms with van der Waals surface area (Å²) >= 11 is 6.10. The molecule has 2 aromatic rings. The molecule has 94 valence electrons. The van der Waals surface area contributed by atoms with Gasteiger partial charge in [0.2, 0.25) is 11.8 Å². The number of rotatable bonds is 2. The van der Waals surface area contributed by atoms with Crippen molar-refractivity contribution in [1.82, 2.24) is 9.97 Å². The van der Waals surface area contributed by atoms with Gasteiger partial charge in [0.05, 0.1) is 0 Å². The summed E-state index contributed by atoms with van der Waals surface area (Å²) < 4.78 is 5.67. The van der Waals surface area contributed by atoms with Crippen molar-refractivity contribution in [3.63, 3.8) is 0 Å². The normalized spacial score (nSPS) is 10.4. The van der Waals surface area contributed by atoms with E-state index in [0.717, 1.165) is 21.8 Å². The quantitative estimate of drug-likeness (QED) is 0.902. The van der Waals surface area contributed by atoms with Crippen molar-refractivity contribution in [3.05, 3.63) is 40.0 Å². The average Bonchev–Trinajstić information content (AvgIpc) is 2.24. The molecule has 0 radical (unpaired) electrons. The van der Waals surface area contributed by atoms with Crippen LogP contribution in [-0.4, -0.2) is 9.97 Å². The first-order valence-electron chi connectivity index (χ1n) is 5.51. The summed E-state index contributed by atoms with van der Waals surface area (Å²) in [7, 11) is 0. The van der Waals surface area contributed by atoms with Crippen LogP contribution in [0.5, 0.6) is 11.6 Å². The number of hydrogen-bond acceptors (Lipinski definition) is 4. The van der Waals surface area contributed by atoms with Crippen LogP contribution in [0.1, 0.15) is 16.8 Å². The summed E-state index contributed by atoms with van der Waals surface area (Å²) in [5.41, 5.74) is 8.26. The fourth-order valence-electron chi connectivity index (χ4n) is 1.70. The van der Waals surface area contributed by atoms with E-state index < -0.39 is 0 Å². The molecule has 0 fully saturated rings. The summed E-state index contributed by atoms with van der Waals surface area (Å²) in [6.07, 6.45) is 0. The Morgan fingerprint density at radius 1 is 1.06 bits per heavy atom. The Morgan fingerprint density at radius 3 is 2.22 bits per heavy atom. The molecule has 0 unspecified atom stereocenters. The van der Waals surface area contributed by atoms with Crippen LogP contribution in [0.2, 0.25) is 5.02 Å². The Hall–Kier alpha value is -1.81. The summed E-state index contributed by atoms with van der Waals surface area (Å²) in [4.78, 5) is 8.01. The van der Waals surface area contributed by atoms with Gasteiger partial charge in [-0.3, -0.25) is 0 Å². The number of nitrogens with two attached hydrogens (primary N) is 1. The SMILES string of the molecule is Cc1cc(Oc2cc(C)c(Cl)c(C)c2)nc(N)n1. The van der Waals surface area contributed by atoms with Gasteiger partial charge in [-0.15, -0.1) is 0 Å². The van der Waals surface area contributed by atoms with Gasteiger partial charge >= 0.3 is 0 Å². The molecule has 1 heterocycles. The first kappa shape index (κ1) is 12.6. The van der Waals surface area contributed by atoms with E-state index in [1.54, 1.807) is 6.07 Å². The summed E-state index contributed by atoms with van der Waals surface area (Å²) in [6, 6.07) is 5.46. The van der Waals surface area contributed by atoms with Gasteiger partial charge in [0.25, 0.3) is 0 Å². The minimum atomic E-state index is 0.201. The molecule has 2 N–H and O–H groups in total. The van der Waals surface area contributed by atoms with Crippen LogP contribution in [0.25, 0.3) is 0 Å². The Labute approximate surface area is 111 Å². The number of nitrogen functional groups attached to an aromatic ring is 1. The Balaban J connectivity index is 2.34. The minimum absolute atomic E-state index is 0.201. The monoisotopic (exact) mass is 263 g/mol. The molecule has 0 bridgehead atoms. The molecule has 0 saturated carbocycles. The smallest absolute Gasteiger partial charge is 0.224 e. The molecule has 1 aromatic heterocycles. The lowest BCUT2D eigenvalue weighted by Gasteiger charge is -2.09. The largest absolute Gasteiger partial charge is 0.439 e. The van der Waals surface area contributed by atoms with Crippen molar-refractivity contribution in [2.45, 2.75) is 20.8 Å². The van der Waals surface area contributed by atoms with Gasteiger partial charge in [0.15, 0.2) is 0 Å². The Kier molecular flexibility index (Phi) is 3.39. The number of anilines is 1. The standard InChI is InChI=1S/C13H14ClN3O/c1-7-4-10(5-8(2)12(7)14)18-11-6-9(3)16-13(15)17-11/h4-6H,1-3H3,(H2,15,16,17). The van der Waals surface area contributed by atoms with Crippen molar-refractivity contribution in [3.8, 4) is 11.6 Å². The van der Waals surface area contributed by atoms with Gasteiger partial charge in [-0.25, -0.2) is 4.98 Å². The zero-order chi connectivity index (χ0) is 13.3. The average molecular weight is 264 g/mol. The molecule has 2 rings (SSSR count). The van der Waals surface area contributed by atoms with Crippen LogP contribution in [0.3, 0.4) is 0 Å². The summed E-state index contributed by atoms with van der Waals surface area (Å²) in [6.45, 7) is 5.70. The number of benzene rings is 1. The van der Waals surface area contributed by atoms with Gasteiger partial charge < -0.3 is 10.5 Å². The second-order valence-electron chi connectivity index (χ2n) is 4.18. The highest BCUT2D eigenvalue weighted by atomic mass is 35.5. The van der Waals surface area contributed by atoms with Crippen molar-refractivity contribution in [2.24, 2.45) is 0 Å². The first-order chi connectivity index (χ1) is 8.45. The second kappa shape index (κ2) is 4.82. The van der Waals surface area contributed by atoms with Gasteiger partial charge in [0.1, 0.15) is 5.75 Å². The highest BCUT2D eigenvalue weighted by Crippen LogP contribution is 2.28. The fraction of sp³-hybridized carbons (Fsp3) is 0.231. The van der Waals surface area contributed by atoms with Crippen LogP contribution in [-0.2, 0) is 0 Å². The highest BCUT2D eigenvalue weighted by Gasteiger charge is 2.06. The molecule has 0 aliphatic carbocycles. The molecule has 0 spiro atoms. The van der Waals surface area contributed by atoms with E-state index in [1.165, 1.54) is 0 Å². The van der Waals surface area contributed by atoms with Crippen LogP contribution >= 0.6 is 11.6 Å². The Bertz CT molecular complexity index is 556. The molecule has 0 aliphatic rings. The summed E-state index contributed by atoms with van der Waals surface area (Å²) in [5.74, 6) is 1.32. The number of aromatic nitrogens is 2.